The molecule has 0 aromatic rings. The van der Waals surface area contributed by atoms with Gasteiger partial charge >= 0.3 is 5.97 Å². The van der Waals surface area contributed by atoms with Crippen LogP contribution in [-0.2, 0) is 9.53 Å². The molecule has 1 rings (SSSR count). The number of esters is 1. The highest BCUT2D eigenvalue weighted by Gasteiger charge is 2.22. The molecule has 16 heavy (non-hydrogen) atoms. The van der Waals surface area contributed by atoms with Gasteiger partial charge < -0.3 is 9.64 Å². The number of likely N-dealkylation sites (N-methyl/N-ethyl adjacent to an activating group) is 2. The Bertz CT molecular complexity index is 231. The summed E-state index contributed by atoms with van der Waals surface area (Å²) in [4.78, 5) is 15.9. The second-order valence-corrected chi connectivity index (χ2v) is 5.01. The highest BCUT2D eigenvalue weighted by atomic mass is 16.5. The Morgan fingerprint density at radius 2 is 2.25 bits per heavy atom. The van der Waals surface area contributed by atoms with Gasteiger partial charge in [-0.3, -0.25) is 9.69 Å². The van der Waals surface area contributed by atoms with E-state index in [1.165, 1.54) is 19.4 Å². The van der Waals surface area contributed by atoms with Gasteiger partial charge in [0.1, 0.15) is 0 Å². The molecule has 0 N–H and O–H groups in total. The van der Waals surface area contributed by atoms with Crippen LogP contribution in [-0.4, -0.2) is 61.6 Å². The van der Waals surface area contributed by atoms with Gasteiger partial charge in [-0.25, -0.2) is 0 Å². The zero-order valence-corrected chi connectivity index (χ0v) is 10.9. The fourth-order valence-corrected chi connectivity index (χ4v) is 2.15. The molecular weight excluding hydrogens is 204 g/mol. The number of carbonyl (C=O) groups is 1. The summed E-state index contributed by atoms with van der Waals surface area (Å²) in [7, 11) is 4.13. The molecule has 1 heterocycles. The quantitative estimate of drug-likeness (QED) is 0.656. The number of hydrogen-bond acceptors (Lipinski definition) is 4. The molecule has 1 saturated heterocycles. The van der Waals surface area contributed by atoms with E-state index in [1.54, 1.807) is 0 Å². The minimum Gasteiger partial charge on any atom is -0.462 e. The highest BCUT2D eigenvalue weighted by Crippen LogP contribution is 2.15. The minimum absolute atomic E-state index is 0.0185. The molecular formula is C12H24N2O2. The van der Waals surface area contributed by atoms with Crippen LogP contribution in [0, 0.1) is 0 Å². The summed E-state index contributed by atoms with van der Waals surface area (Å²) in [5.41, 5.74) is 0. The minimum atomic E-state index is -0.127. The van der Waals surface area contributed by atoms with Crippen molar-refractivity contribution in [2.24, 2.45) is 0 Å². The molecule has 1 fully saturated rings. The molecule has 1 aliphatic rings. The third-order valence-electron chi connectivity index (χ3n) is 2.96. The summed E-state index contributed by atoms with van der Waals surface area (Å²) < 4.78 is 5.12. The lowest BCUT2D eigenvalue weighted by molar-refractivity contribution is -0.148. The van der Waals surface area contributed by atoms with E-state index in [4.69, 9.17) is 4.74 Å². The van der Waals surface area contributed by atoms with Crippen LogP contribution in [0.25, 0.3) is 0 Å². The van der Waals surface area contributed by atoms with E-state index in [0.717, 1.165) is 6.54 Å². The Balaban J connectivity index is 2.24. The number of hydrogen-bond donors (Lipinski definition) is 0. The van der Waals surface area contributed by atoms with Crippen molar-refractivity contribution in [2.45, 2.75) is 38.8 Å². The van der Waals surface area contributed by atoms with Gasteiger partial charge in [0.25, 0.3) is 0 Å². The maximum Gasteiger partial charge on any atom is 0.320 e. The Morgan fingerprint density at radius 3 is 2.75 bits per heavy atom. The summed E-state index contributed by atoms with van der Waals surface area (Å²) in [5.74, 6) is -0.127. The van der Waals surface area contributed by atoms with Crippen molar-refractivity contribution in [2.75, 3.05) is 33.7 Å². The summed E-state index contributed by atoms with van der Waals surface area (Å²) in [6, 6.07) is 0.594. The van der Waals surface area contributed by atoms with E-state index in [2.05, 4.69) is 16.8 Å². The molecule has 0 amide bonds. The molecule has 1 unspecified atom stereocenters. The molecule has 0 bridgehead atoms. The van der Waals surface area contributed by atoms with Crippen LogP contribution in [0.5, 0.6) is 0 Å². The van der Waals surface area contributed by atoms with Crippen molar-refractivity contribution >= 4 is 5.97 Å². The molecule has 94 valence electrons. The van der Waals surface area contributed by atoms with Crippen LogP contribution in [0.2, 0.25) is 0 Å². The lowest BCUT2D eigenvalue weighted by atomic mass is 10.2. The standard InChI is InChI=1S/C12H24N2O2/c1-10(2)16-12(15)9-13(3)8-11-6-5-7-14(11)4/h10-11H,5-9H2,1-4H3. The van der Waals surface area contributed by atoms with E-state index in [0.29, 0.717) is 12.6 Å². The molecule has 0 aromatic heterocycles. The first-order valence-electron chi connectivity index (χ1n) is 6.07. The molecule has 4 nitrogen and oxygen atoms in total. The lowest BCUT2D eigenvalue weighted by Crippen LogP contribution is -2.39. The zero-order chi connectivity index (χ0) is 12.1. The molecule has 1 atom stereocenters. The van der Waals surface area contributed by atoms with Gasteiger partial charge in [-0.2, -0.15) is 0 Å². The van der Waals surface area contributed by atoms with E-state index in [9.17, 15) is 4.79 Å². The summed E-state index contributed by atoms with van der Waals surface area (Å²) in [6.07, 6.45) is 2.49. The van der Waals surface area contributed by atoms with E-state index < -0.39 is 0 Å². The Morgan fingerprint density at radius 1 is 1.56 bits per heavy atom. The second kappa shape index (κ2) is 6.21. The second-order valence-electron chi connectivity index (χ2n) is 5.01. The molecule has 4 heteroatoms. The Labute approximate surface area is 98.5 Å². The molecule has 0 saturated carbocycles. The van der Waals surface area contributed by atoms with Crippen molar-refractivity contribution in [1.29, 1.82) is 0 Å². The van der Waals surface area contributed by atoms with Crippen molar-refractivity contribution in [3.05, 3.63) is 0 Å². The number of nitrogens with zero attached hydrogens (tertiary/aromatic N) is 2. The predicted molar refractivity (Wildman–Crippen MR) is 64.4 cm³/mol. The van der Waals surface area contributed by atoms with Gasteiger partial charge in [-0.05, 0) is 47.3 Å². The molecule has 0 aliphatic carbocycles. The maximum atomic E-state index is 11.4. The third kappa shape index (κ3) is 4.49. The number of rotatable bonds is 5. The Kier molecular flexibility index (Phi) is 5.22. The van der Waals surface area contributed by atoms with Gasteiger partial charge in [0.2, 0.25) is 0 Å². The van der Waals surface area contributed by atoms with Gasteiger partial charge in [-0.15, -0.1) is 0 Å². The van der Waals surface area contributed by atoms with Crippen LogP contribution in [0.15, 0.2) is 0 Å². The van der Waals surface area contributed by atoms with E-state index >= 15 is 0 Å². The summed E-state index contributed by atoms with van der Waals surface area (Å²) in [5, 5.41) is 0. The van der Waals surface area contributed by atoms with Crippen LogP contribution in [0.4, 0.5) is 0 Å². The predicted octanol–water partition coefficient (Wildman–Crippen LogP) is 0.964. The van der Waals surface area contributed by atoms with Gasteiger partial charge in [0.15, 0.2) is 0 Å². The largest absolute Gasteiger partial charge is 0.462 e. The number of likely N-dealkylation sites (tertiary alicyclic amines) is 1. The van der Waals surface area contributed by atoms with Crippen LogP contribution in [0.3, 0.4) is 0 Å². The van der Waals surface area contributed by atoms with Crippen molar-refractivity contribution in [1.82, 2.24) is 9.80 Å². The van der Waals surface area contributed by atoms with E-state index in [1.807, 2.05) is 20.9 Å². The highest BCUT2D eigenvalue weighted by molar-refractivity contribution is 5.71. The van der Waals surface area contributed by atoms with Crippen molar-refractivity contribution in [3.8, 4) is 0 Å². The fraction of sp³-hybridized carbons (Fsp3) is 0.917. The monoisotopic (exact) mass is 228 g/mol. The zero-order valence-electron chi connectivity index (χ0n) is 10.9. The molecule has 0 spiro atoms. The van der Waals surface area contributed by atoms with Crippen molar-refractivity contribution in [3.63, 3.8) is 0 Å². The smallest absolute Gasteiger partial charge is 0.320 e. The van der Waals surface area contributed by atoms with Gasteiger partial charge in [0, 0.05) is 12.6 Å². The van der Waals surface area contributed by atoms with Crippen LogP contribution in [0.1, 0.15) is 26.7 Å². The fourth-order valence-electron chi connectivity index (χ4n) is 2.15. The third-order valence-corrected chi connectivity index (χ3v) is 2.96. The van der Waals surface area contributed by atoms with Gasteiger partial charge in [0.05, 0.1) is 12.6 Å². The average Bonchev–Trinajstić information content (AvgIpc) is 2.49. The summed E-state index contributed by atoms with van der Waals surface area (Å²) >= 11 is 0. The van der Waals surface area contributed by atoms with Crippen LogP contribution >= 0.6 is 0 Å². The van der Waals surface area contributed by atoms with Crippen molar-refractivity contribution < 1.29 is 9.53 Å². The number of ether oxygens (including phenoxy) is 1. The molecule has 1 aliphatic heterocycles. The van der Waals surface area contributed by atoms with Crippen LogP contribution < -0.4 is 0 Å². The normalized spacial score (nSPS) is 22.0. The number of carbonyl (C=O) groups excluding carboxylic acids is 1. The van der Waals surface area contributed by atoms with Gasteiger partial charge in [-0.1, -0.05) is 0 Å². The maximum absolute atomic E-state index is 11.4. The molecule has 0 radical (unpaired) electrons. The topological polar surface area (TPSA) is 32.8 Å². The van der Waals surface area contributed by atoms with E-state index in [-0.39, 0.29) is 12.1 Å². The lowest BCUT2D eigenvalue weighted by Gasteiger charge is -2.25. The average molecular weight is 228 g/mol. The first-order valence-corrected chi connectivity index (χ1v) is 6.07. The Hall–Kier alpha value is -0.610. The molecule has 0 aromatic carbocycles. The first-order chi connectivity index (χ1) is 7.49. The first kappa shape index (κ1) is 13.5. The SMILES string of the molecule is CC(C)OC(=O)CN(C)CC1CCCN1C. The summed E-state index contributed by atoms with van der Waals surface area (Å²) in [6.45, 7) is 6.27.